The fourth-order valence-electron chi connectivity index (χ4n) is 1.40. The molecular formula is C11H5F5O6. The molecule has 0 radical (unpaired) electrons. The number of hydrogen-bond acceptors (Lipinski definition) is 6. The lowest BCUT2D eigenvalue weighted by Crippen LogP contribution is -2.36. The van der Waals surface area contributed by atoms with Crippen LogP contribution < -0.4 is 4.74 Å². The molecule has 0 aromatic heterocycles. The minimum absolute atomic E-state index is 0.426. The van der Waals surface area contributed by atoms with E-state index in [2.05, 4.69) is 18.9 Å². The van der Waals surface area contributed by atoms with E-state index in [9.17, 15) is 31.5 Å². The van der Waals surface area contributed by atoms with Gasteiger partial charge in [-0.2, -0.15) is 8.78 Å². The predicted octanol–water partition coefficient (Wildman–Crippen LogP) is 2.43. The summed E-state index contributed by atoms with van der Waals surface area (Å²) in [6, 6.07) is 0. The Morgan fingerprint density at radius 3 is 1.86 bits per heavy atom. The van der Waals surface area contributed by atoms with Crippen molar-refractivity contribution < 1.29 is 50.5 Å². The lowest BCUT2D eigenvalue weighted by Gasteiger charge is -2.21. The van der Waals surface area contributed by atoms with Gasteiger partial charge in [0.1, 0.15) is 13.2 Å². The Hall–Kier alpha value is -2.59. The van der Waals surface area contributed by atoms with Crippen LogP contribution in [0.5, 0.6) is 5.75 Å². The number of carbonyl (C=O) groups excluding carboxylic acids is 2. The topological polar surface area (TPSA) is 71.1 Å². The van der Waals surface area contributed by atoms with E-state index in [0.29, 0.717) is 0 Å². The fraction of sp³-hybridized carbons (Fsp3) is 0.273. The summed E-state index contributed by atoms with van der Waals surface area (Å²) < 4.78 is 82.1. The standard InChI is InChI=1S/C11H5F5O6/c12-4-5(13)7(15)9(8(16)6(4)14)22-11(18)21-3-1-19-10(17)20-2-3/h3H,1-2H2. The van der Waals surface area contributed by atoms with Gasteiger partial charge < -0.3 is 18.9 Å². The van der Waals surface area contributed by atoms with Gasteiger partial charge in [-0.25, -0.2) is 22.8 Å². The van der Waals surface area contributed by atoms with Gasteiger partial charge in [0.25, 0.3) is 0 Å². The molecule has 6 nitrogen and oxygen atoms in total. The van der Waals surface area contributed by atoms with E-state index in [-0.39, 0.29) is 0 Å². The molecule has 0 bridgehead atoms. The van der Waals surface area contributed by atoms with Crippen LogP contribution in [-0.2, 0) is 14.2 Å². The van der Waals surface area contributed by atoms with Crippen LogP contribution in [0.1, 0.15) is 0 Å². The van der Waals surface area contributed by atoms with Crippen molar-refractivity contribution in [2.45, 2.75) is 6.10 Å². The molecule has 0 atom stereocenters. The van der Waals surface area contributed by atoms with Crippen LogP contribution in [-0.4, -0.2) is 31.6 Å². The van der Waals surface area contributed by atoms with Crippen molar-refractivity contribution in [3.05, 3.63) is 29.1 Å². The third-order valence-corrected chi connectivity index (χ3v) is 2.39. The molecule has 0 amide bonds. The zero-order chi connectivity index (χ0) is 16.4. The second-order valence-electron chi connectivity index (χ2n) is 3.86. The number of cyclic esters (lactones) is 2. The molecule has 0 unspecified atom stereocenters. The Kier molecular flexibility index (Phi) is 4.33. The van der Waals surface area contributed by atoms with Crippen molar-refractivity contribution in [1.29, 1.82) is 0 Å². The van der Waals surface area contributed by atoms with E-state index in [1.165, 1.54) is 0 Å². The highest BCUT2D eigenvalue weighted by molar-refractivity contribution is 5.65. The molecule has 1 aromatic carbocycles. The summed E-state index contributed by atoms with van der Waals surface area (Å²) in [5.74, 6) is -13.4. The Balaban J connectivity index is 2.10. The van der Waals surface area contributed by atoms with Crippen LogP contribution in [0.3, 0.4) is 0 Å². The van der Waals surface area contributed by atoms with E-state index < -0.39 is 66.5 Å². The van der Waals surface area contributed by atoms with Crippen molar-refractivity contribution in [2.24, 2.45) is 0 Å². The van der Waals surface area contributed by atoms with E-state index in [1.54, 1.807) is 0 Å². The van der Waals surface area contributed by atoms with Gasteiger partial charge in [0.2, 0.25) is 34.8 Å². The molecule has 2 rings (SSSR count). The lowest BCUT2D eigenvalue weighted by atomic mass is 10.3. The van der Waals surface area contributed by atoms with Gasteiger partial charge in [-0.05, 0) is 0 Å². The predicted molar refractivity (Wildman–Crippen MR) is 54.4 cm³/mol. The summed E-state index contributed by atoms with van der Waals surface area (Å²) in [6.45, 7) is -0.851. The van der Waals surface area contributed by atoms with E-state index in [1.807, 2.05) is 0 Å². The van der Waals surface area contributed by atoms with Gasteiger partial charge in [-0.3, -0.25) is 0 Å². The van der Waals surface area contributed by atoms with Crippen LogP contribution >= 0.6 is 0 Å². The normalized spacial score (nSPS) is 15.0. The van der Waals surface area contributed by atoms with Crippen LogP contribution in [0.25, 0.3) is 0 Å². The maximum Gasteiger partial charge on any atom is 0.514 e. The summed E-state index contributed by atoms with van der Waals surface area (Å²) in [4.78, 5) is 21.8. The zero-order valence-electron chi connectivity index (χ0n) is 10.3. The first-order valence-corrected chi connectivity index (χ1v) is 5.50. The molecule has 120 valence electrons. The highest BCUT2D eigenvalue weighted by atomic mass is 19.2. The van der Waals surface area contributed by atoms with Gasteiger partial charge in [-0.1, -0.05) is 0 Å². The fourth-order valence-corrected chi connectivity index (χ4v) is 1.40. The molecule has 1 aliphatic heterocycles. The summed E-state index contributed by atoms with van der Waals surface area (Å²) in [6.07, 6.45) is -3.95. The number of halogens is 5. The third kappa shape index (κ3) is 3.02. The molecule has 1 saturated heterocycles. The quantitative estimate of drug-likeness (QED) is 0.273. The summed E-state index contributed by atoms with van der Waals surface area (Å²) in [7, 11) is 0. The van der Waals surface area contributed by atoms with E-state index in [0.717, 1.165) is 0 Å². The number of hydrogen-bond donors (Lipinski definition) is 0. The first-order valence-electron chi connectivity index (χ1n) is 5.50. The van der Waals surface area contributed by atoms with Crippen LogP contribution in [0.15, 0.2) is 0 Å². The molecule has 0 aliphatic carbocycles. The van der Waals surface area contributed by atoms with Crippen molar-refractivity contribution in [3.63, 3.8) is 0 Å². The summed E-state index contributed by atoms with van der Waals surface area (Å²) >= 11 is 0. The van der Waals surface area contributed by atoms with Crippen LogP contribution in [0.4, 0.5) is 31.5 Å². The highest BCUT2D eigenvalue weighted by Crippen LogP contribution is 2.29. The van der Waals surface area contributed by atoms with Gasteiger partial charge in [0, 0.05) is 0 Å². The van der Waals surface area contributed by atoms with E-state index >= 15 is 0 Å². The van der Waals surface area contributed by atoms with Gasteiger partial charge in [0.05, 0.1) is 0 Å². The summed E-state index contributed by atoms with van der Waals surface area (Å²) in [5, 5.41) is 0. The molecule has 0 N–H and O–H groups in total. The molecule has 0 saturated carbocycles. The SMILES string of the molecule is O=C1OCC(OC(=O)Oc2c(F)c(F)c(F)c(F)c2F)CO1. The molecule has 1 heterocycles. The van der Waals surface area contributed by atoms with Crippen LogP contribution in [0, 0.1) is 29.1 Å². The zero-order valence-corrected chi connectivity index (χ0v) is 10.3. The van der Waals surface area contributed by atoms with Gasteiger partial charge in [0.15, 0.2) is 6.10 Å². The molecular weight excluding hydrogens is 323 g/mol. The third-order valence-electron chi connectivity index (χ3n) is 2.39. The Morgan fingerprint density at radius 2 is 1.36 bits per heavy atom. The number of benzene rings is 1. The molecule has 22 heavy (non-hydrogen) atoms. The Bertz CT molecular complexity index is 595. The molecule has 1 aromatic rings. The first kappa shape index (κ1) is 15.8. The average Bonchev–Trinajstić information content (AvgIpc) is 2.50. The average molecular weight is 328 g/mol. The van der Waals surface area contributed by atoms with Gasteiger partial charge >= 0.3 is 12.3 Å². The minimum atomic E-state index is -2.40. The molecule has 1 fully saturated rings. The van der Waals surface area contributed by atoms with Crippen molar-refractivity contribution in [2.75, 3.05) is 13.2 Å². The number of rotatable bonds is 2. The number of ether oxygens (including phenoxy) is 4. The Morgan fingerprint density at radius 1 is 0.909 bits per heavy atom. The van der Waals surface area contributed by atoms with E-state index in [4.69, 9.17) is 0 Å². The molecule has 1 aliphatic rings. The maximum absolute atomic E-state index is 13.2. The van der Waals surface area contributed by atoms with Gasteiger partial charge in [-0.15, -0.1) is 0 Å². The van der Waals surface area contributed by atoms with Crippen molar-refractivity contribution in [3.8, 4) is 5.75 Å². The highest BCUT2D eigenvalue weighted by Gasteiger charge is 2.31. The second kappa shape index (κ2) is 6.03. The molecule has 0 spiro atoms. The lowest BCUT2D eigenvalue weighted by molar-refractivity contribution is -0.0662. The Labute approximate surface area is 118 Å². The largest absolute Gasteiger partial charge is 0.514 e. The monoisotopic (exact) mass is 328 g/mol. The number of carbonyl (C=O) groups is 2. The second-order valence-corrected chi connectivity index (χ2v) is 3.86. The van der Waals surface area contributed by atoms with Crippen molar-refractivity contribution in [1.82, 2.24) is 0 Å². The minimum Gasteiger partial charge on any atom is -0.430 e. The van der Waals surface area contributed by atoms with Crippen LogP contribution in [0.2, 0.25) is 0 Å². The van der Waals surface area contributed by atoms with Crippen molar-refractivity contribution >= 4 is 12.3 Å². The smallest absolute Gasteiger partial charge is 0.430 e. The molecule has 11 heteroatoms. The maximum atomic E-state index is 13.2. The summed E-state index contributed by atoms with van der Waals surface area (Å²) in [5.41, 5.74) is 0. The first-order chi connectivity index (χ1) is 10.3.